The number of azide groups is 1. The standard InChI is InChI=1S/C13H14BN3O4/c1-8(18)12-4-2-3-9-5-10(14(20)21-13(9)12)6-11(19)7-16-17-15/h2-4,10,18,20H,1,5-7H2/t10-/m1/s1. The van der Waals surface area contributed by atoms with Crippen LogP contribution in [-0.4, -0.2) is 29.6 Å². The first kappa shape index (κ1) is 15.0. The average molecular weight is 287 g/mol. The van der Waals surface area contributed by atoms with Gasteiger partial charge < -0.3 is 14.8 Å². The van der Waals surface area contributed by atoms with E-state index in [9.17, 15) is 14.9 Å². The summed E-state index contributed by atoms with van der Waals surface area (Å²) in [7, 11) is -1.16. The first-order chi connectivity index (χ1) is 10.0. The first-order valence-electron chi connectivity index (χ1n) is 6.40. The van der Waals surface area contributed by atoms with E-state index < -0.39 is 12.9 Å². The lowest BCUT2D eigenvalue weighted by Gasteiger charge is -2.28. The van der Waals surface area contributed by atoms with E-state index >= 15 is 0 Å². The SMILES string of the molecule is C=C(O)c1cccc2c1OB(O)[C@@H](CC(=O)CN=[N+]=[N-])C2. The van der Waals surface area contributed by atoms with Crippen LogP contribution in [0.3, 0.4) is 0 Å². The summed E-state index contributed by atoms with van der Waals surface area (Å²) < 4.78 is 5.42. The molecule has 0 amide bonds. The number of carbonyl (C=O) groups excluding carboxylic acids is 1. The Morgan fingerprint density at radius 2 is 2.38 bits per heavy atom. The van der Waals surface area contributed by atoms with E-state index in [1.807, 2.05) is 0 Å². The fourth-order valence-corrected chi connectivity index (χ4v) is 2.35. The maximum atomic E-state index is 11.6. The maximum absolute atomic E-state index is 11.6. The van der Waals surface area contributed by atoms with Crippen molar-refractivity contribution >= 4 is 18.7 Å². The minimum atomic E-state index is -1.16. The number of Topliss-reactive ketones (excluding diaryl/α,β-unsaturated/α-hetero) is 1. The third-order valence-corrected chi connectivity index (χ3v) is 3.33. The Bertz CT molecular complexity index is 628. The molecule has 7 nitrogen and oxygen atoms in total. The molecule has 0 fully saturated rings. The van der Waals surface area contributed by atoms with Gasteiger partial charge in [-0.15, -0.1) is 0 Å². The van der Waals surface area contributed by atoms with Gasteiger partial charge in [-0.2, -0.15) is 0 Å². The Balaban J connectivity index is 2.17. The van der Waals surface area contributed by atoms with Crippen LogP contribution in [0.4, 0.5) is 0 Å². The average Bonchev–Trinajstić information content (AvgIpc) is 2.45. The normalized spacial score (nSPS) is 16.4. The number of ketones is 1. The van der Waals surface area contributed by atoms with Crippen molar-refractivity contribution in [3.05, 3.63) is 46.3 Å². The number of hydrogen-bond acceptors (Lipinski definition) is 5. The summed E-state index contributed by atoms with van der Waals surface area (Å²) in [5, 5.41) is 22.7. The van der Waals surface area contributed by atoms with E-state index in [-0.39, 0.29) is 24.5 Å². The smallest absolute Gasteiger partial charge is 0.526 e. The third kappa shape index (κ3) is 3.36. The number of para-hydroxylation sites is 1. The van der Waals surface area contributed by atoms with Crippen molar-refractivity contribution in [1.29, 1.82) is 0 Å². The van der Waals surface area contributed by atoms with Crippen LogP contribution in [0.2, 0.25) is 5.82 Å². The van der Waals surface area contributed by atoms with E-state index in [0.717, 1.165) is 5.56 Å². The molecular formula is C13H14BN3O4. The Kier molecular flexibility index (Phi) is 4.52. The summed E-state index contributed by atoms with van der Waals surface area (Å²) in [6.07, 6.45) is 0.490. The fourth-order valence-electron chi connectivity index (χ4n) is 2.35. The van der Waals surface area contributed by atoms with Crippen LogP contribution in [0.1, 0.15) is 17.5 Å². The molecule has 2 rings (SSSR count). The van der Waals surface area contributed by atoms with Gasteiger partial charge in [0.05, 0.1) is 12.1 Å². The van der Waals surface area contributed by atoms with Gasteiger partial charge in [0, 0.05) is 17.1 Å². The minimum absolute atomic E-state index is 0.0595. The van der Waals surface area contributed by atoms with Gasteiger partial charge in [0.15, 0.2) is 0 Å². The second-order valence-electron chi connectivity index (χ2n) is 4.84. The maximum Gasteiger partial charge on any atom is 0.526 e. The van der Waals surface area contributed by atoms with Crippen LogP contribution in [-0.2, 0) is 11.2 Å². The molecule has 1 aromatic rings. The highest BCUT2D eigenvalue weighted by atomic mass is 16.5. The lowest BCUT2D eigenvalue weighted by molar-refractivity contribution is -0.117. The van der Waals surface area contributed by atoms with Gasteiger partial charge in [-0.3, -0.25) is 4.79 Å². The van der Waals surface area contributed by atoms with E-state index in [4.69, 9.17) is 10.2 Å². The van der Waals surface area contributed by atoms with Crippen molar-refractivity contribution in [2.24, 2.45) is 5.11 Å². The van der Waals surface area contributed by atoms with Crippen LogP contribution in [0.25, 0.3) is 16.2 Å². The van der Waals surface area contributed by atoms with Gasteiger partial charge in [0.25, 0.3) is 0 Å². The fraction of sp³-hybridized carbons (Fsp3) is 0.308. The number of aliphatic hydroxyl groups excluding tert-OH is 1. The quantitative estimate of drug-likeness (QED) is 0.284. The highest BCUT2D eigenvalue weighted by Crippen LogP contribution is 2.37. The molecule has 1 aliphatic rings. The summed E-state index contributed by atoms with van der Waals surface area (Å²) in [4.78, 5) is 14.1. The molecule has 1 atom stereocenters. The van der Waals surface area contributed by atoms with Crippen molar-refractivity contribution in [3.8, 4) is 5.75 Å². The monoisotopic (exact) mass is 287 g/mol. The first-order valence-corrected chi connectivity index (χ1v) is 6.40. The zero-order valence-corrected chi connectivity index (χ0v) is 11.3. The Hall–Kier alpha value is -2.44. The second kappa shape index (κ2) is 6.34. The molecule has 0 radical (unpaired) electrons. The molecule has 1 aliphatic heterocycles. The summed E-state index contributed by atoms with van der Waals surface area (Å²) >= 11 is 0. The number of nitrogens with zero attached hydrogens (tertiary/aromatic N) is 3. The molecule has 0 saturated heterocycles. The van der Waals surface area contributed by atoms with Crippen molar-refractivity contribution in [3.63, 3.8) is 0 Å². The van der Waals surface area contributed by atoms with Gasteiger partial charge in [-0.1, -0.05) is 23.8 Å². The molecule has 21 heavy (non-hydrogen) atoms. The lowest BCUT2D eigenvalue weighted by Crippen LogP contribution is -2.35. The molecule has 8 heteroatoms. The van der Waals surface area contributed by atoms with E-state index in [1.165, 1.54) is 0 Å². The largest absolute Gasteiger partial charge is 0.535 e. The van der Waals surface area contributed by atoms with Gasteiger partial charge >= 0.3 is 7.12 Å². The molecule has 0 spiro atoms. The van der Waals surface area contributed by atoms with Crippen LogP contribution in [0.5, 0.6) is 5.75 Å². The Labute approximate surface area is 121 Å². The molecule has 0 aliphatic carbocycles. The highest BCUT2D eigenvalue weighted by Gasteiger charge is 2.36. The molecule has 2 N–H and O–H groups in total. The van der Waals surface area contributed by atoms with Crippen molar-refractivity contribution < 1.29 is 19.6 Å². The molecule has 108 valence electrons. The summed E-state index contributed by atoms with van der Waals surface area (Å²) in [5.41, 5.74) is 9.39. The number of rotatable bonds is 5. The number of carbonyl (C=O) groups is 1. The van der Waals surface area contributed by atoms with Crippen molar-refractivity contribution in [1.82, 2.24) is 0 Å². The van der Waals surface area contributed by atoms with E-state index in [0.29, 0.717) is 17.7 Å². The van der Waals surface area contributed by atoms with Crippen LogP contribution < -0.4 is 4.65 Å². The van der Waals surface area contributed by atoms with Gasteiger partial charge in [0.2, 0.25) is 0 Å². The summed E-state index contributed by atoms with van der Waals surface area (Å²) in [6, 6.07) is 5.19. The van der Waals surface area contributed by atoms with Crippen LogP contribution in [0, 0.1) is 0 Å². The van der Waals surface area contributed by atoms with Crippen LogP contribution >= 0.6 is 0 Å². The molecular weight excluding hydrogens is 273 g/mol. The Morgan fingerprint density at radius 1 is 1.62 bits per heavy atom. The van der Waals surface area contributed by atoms with Crippen molar-refractivity contribution in [2.75, 3.05) is 6.54 Å². The Morgan fingerprint density at radius 3 is 3.05 bits per heavy atom. The molecule has 1 aromatic carbocycles. The third-order valence-electron chi connectivity index (χ3n) is 3.33. The highest BCUT2D eigenvalue weighted by molar-refractivity contribution is 6.46. The number of fused-ring (bicyclic) bond motifs is 1. The zero-order valence-electron chi connectivity index (χ0n) is 11.3. The second-order valence-corrected chi connectivity index (χ2v) is 4.84. The molecule has 0 saturated carbocycles. The van der Waals surface area contributed by atoms with Gasteiger partial charge in [-0.05, 0) is 23.6 Å². The number of benzene rings is 1. The molecule has 0 aromatic heterocycles. The molecule has 1 heterocycles. The van der Waals surface area contributed by atoms with Gasteiger partial charge in [0.1, 0.15) is 17.3 Å². The topological polar surface area (TPSA) is 116 Å². The predicted octanol–water partition coefficient (Wildman–Crippen LogP) is 2.27. The lowest BCUT2D eigenvalue weighted by atomic mass is 9.64. The zero-order chi connectivity index (χ0) is 15.4. The molecule has 0 unspecified atom stereocenters. The summed E-state index contributed by atoms with van der Waals surface area (Å²) in [6.45, 7) is 3.22. The minimum Gasteiger partial charge on any atom is -0.535 e. The predicted molar refractivity (Wildman–Crippen MR) is 77.8 cm³/mol. The van der Waals surface area contributed by atoms with Crippen LogP contribution in [0.15, 0.2) is 29.9 Å². The van der Waals surface area contributed by atoms with E-state index in [1.54, 1.807) is 18.2 Å². The van der Waals surface area contributed by atoms with Gasteiger partial charge in [-0.25, -0.2) is 0 Å². The molecule has 0 bridgehead atoms. The van der Waals surface area contributed by atoms with E-state index in [2.05, 4.69) is 16.6 Å². The number of hydrogen-bond donors (Lipinski definition) is 2. The number of aliphatic hydroxyl groups is 1. The summed E-state index contributed by atoms with van der Waals surface area (Å²) in [5.74, 6) is -0.430. The van der Waals surface area contributed by atoms with Crippen molar-refractivity contribution in [2.45, 2.75) is 18.7 Å².